The second-order valence-corrected chi connectivity index (χ2v) is 3.67. The number of benzene rings is 1. The maximum absolute atomic E-state index is 12.8. The van der Waals surface area contributed by atoms with Crippen molar-refractivity contribution in [2.24, 2.45) is 0 Å². The number of aryl methyl sites for hydroxylation is 1. The highest BCUT2D eigenvalue weighted by Gasteiger charge is 1.99. The van der Waals surface area contributed by atoms with Crippen molar-refractivity contribution in [1.29, 1.82) is 0 Å². The molecule has 0 atom stereocenters. The maximum atomic E-state index is 12.8. The minimum absolute atomic E-state index is 0.196. The summed E-state index contributed by atoms with van der Waals surface area (Å²) >= 11 is 7.76. The lowest BCUT2D eigenvalue weighted by Gasteiger charge is -1.98. The Hall–Kier alpha value is 0.170. The molecule has 0 saturated heterocycles. The highest BCUT2D eigenvalue weighted by Crippen LogP contribution is 2.16. The van der Waals surface area contributed by atoms with Crippen molar-refractivity contribution in [2.45, 2.75) is 6.42 Å². The van der Waals surface area contributed by atoms with Crippen LogP contribution in [-0.4, -0.2) is 4.43 Å². The van der Waals surface area contributed by atoms with Gasteiger partial charge in [0.05, 0.1) is 5.02 Å². The van der Waals surface area contributed by atoms with Gasteiger partial charge in [0.1, 0.15) is 5.82 Å². The zero-order chi connectivity index (χ0) is 8.27. The molecule has 0 nitrogen and oxygen atoms in total. The van der Waals surface area contributed by atoms with E-state index in [4.69, 9.17) is 11.6 Å². The molecule has 0 aliphatic heterocycles. The van der Waals surface area contributed by atoms with Crippen molar-refractivity contribution in [3.63, 3.8) is 0 Å². The molecule has 0 unspecified atom stereocenters. The highest BCUT2D eigenvalue weighted by molar-refractivity contribution is 14.1. The van der Waals surface area contributed by atoms with Crippen LogP contribution in [0.5, 0.6) is 0 Å². The first-order chi connectivity index (χ1) is 5.24. The third kappa shape index (κ3) is 2.60. The number of rotatable bonds is 2. The van der Waals surface area contributed by atoms with Crippen LogP contribution in [0.4, 0.5) is 4.39 Å². The van der Waals surface area contributed by atoms with Crippen LogP contribution in [-0.2, 0) is 6.42 Å². The third-order valence-corrected chi connectivity index (χ3v) is 2.21. The monoisotopic (exact) mass is 284 g/mol. The molecule has 0 radical (unpaired) electrons. The average molecular weight is 284 g/mol. The minimum atomic E-state index is -0.325. The Morgan fingerprint density at radius 3 is 2.73 bits per heavy atom. The Morgan fingerprint density at radius 2 is 2.18 bits per heavy atom. The first-order valence-corrected chi connectivity index (χ1v) is 5.14. The first-order valence-electron chi connectivity index (χ1n) is 3.24. The molecule has 0 spiro atoms. The van der Waals surface area contributed by atoms with E-state index in [1.165, 1.54) is 6.07 Å². The first kappa shape index (κ1) is 9.26. The van der Waals surface area contributed by atoms with Crippen molar-refractivity contribution in [1.82, 2.24) is 0 Å². The Kier molecular flexibility index (Phi) is 3.59. The van der Waals surface area contributed by atoms with Crippen LogP contribution < -0.4 is 0 Å². The fraction of sp³-hybridized carbons (Fsp3) is 0.250. The Morgan fingerprint density at radius 1 is 1.45 bits per heavy atom. The van der Waals surface area contributed by atoms with E-state index in [0.717, 1.165) is 16.4 Å². The molecule has 60 valence electrons. The topological polar surface area (TPSA) is 0 Å². The van der Waals surface area contributed by atoms with Crippen LogP contribution in [0.15, 0.2) is 18.2 Å². The summed E-state index contributed by atoms with van der Waals surface area (Å²) in [6.45, 7) is 0. The van der Waals surface area contributed by atoms with Gasteiger partial charge in [0, 0.05) is 4.43 Å². The summed E-state index contributed by atoms with van der Waals surface area (Å²) < 4.78 is 13.8. The van der Waals surface area contributed by atoms with Gasteiger partial charge in [-0.15, -0.1) is 0 Å². The van der Waals surface area contributed by atoms with E-state index in [9.17, 15) is 4.39 Å². The zero-order valence-electron chi connectivity index (χ0n) is 5.78. The maximum Gasteiger partial charge on any atom is 0.142 e. The fourth-order valence-electron chi connectivity index (χ4n) is 0.804. The molecule has 0 saturated carbocycles. The SMILES string of the molecule is Fc1cc(CCI)ccc1Cl. The molecule has 0 aliphatic carbocycles. The van der Waals surface area contributed by atoms with Gasteiger partial charge in [-0.1, -0.05) is 40.3 Å². The Balaban J connectivity index is 2.86. The van der Waals surface area contributed by atoms with E-state index < -0.39 is 0 Å². The molecule has 1 aromatic carbocycles. The predicted molar refractivity (Wildman–Crippen MR) is 54.0 cm³/mol. The van der Waals surface area contributed by atoms with E-state index in [1.807, 2.05) is 6.07 Å². The predicted octanol–water partition coefficient (Wildman–Crippen LogP) is 3.46. The van der Waals surface area contributed by atoms with E-state index in [1.54, 1.807) is 6.07 Å². The molecule has 0 fully saturated rings. The smallest absolute Gasteiger partial charge is 0.142 e. The molecule has 0 heterocycles. The second-order valence-electron chi connectivity index (χ2n) is 2.19. The van der Waals surface area contributed by atoms with Crippen LogP contribution >= 0.6 is 34.2 Å². The Bertz CT molecular complexity index is 250. The normalized spacial score (nSPS) is 10.1. The molecular formula is C8H7ClFI. The van der Waals surface area contributed by atoms with Gasteiger partial charge in [0.15, 0.2) is 0 Å². The highest BCUT2D eigenvalue weighted by atomic mass is 127. The van der Waals surface area contributed by atoms with Gasteiger partial charge in [-0.05, 0) is 24.1 Å². The van der Waals surface area contributed by atoms with E-state index in [-0.39, 0.29) is 10.8 Å². The lowest BCUT2D eigenvalue weighted by molar-refractivity contribution is 0.626. The van der Waals surface area contributed by atoms with Gasteiger partial charge in [-0.25, -0.2) is 4.39 Å². The van der Waals surface area contributed by atoms with Crippen LogP contribution in [0, 0.1) is 5.82 Å². The quantitative estimate of drug-likeness (QED) is 0.576. The zero-order valence-corrected chi connectivity index (χ0v) is 8.69. The van der Waals surface area contributed by atoms with Gasteiger partial charge in [0.2, 0.25) is 0 Å². The molecule has 0 aliphatic rings. The molecule has 0 amide bonds. The lowest BCUT2D eigenvalue weighted by atomic mass is 10.2. The molecule has 0 bridgehead atoms. The van der Waals surface area contributed by atoms with E-state index in [2.05, 4.69) is 22.6 Å². The number of hydrogen-bond donors (Lipinski definition) is 0. The van der Waals surface area contributed by atoms with Gasteiger partial charge >= 0.3 is 0 Å². The minimum Gasteiger partial charge on any atom is -0.205 e. The van der Waals surface area contributed by atoms with Gasteiger partial charge in [0.25, 0.3) is 0 Å². The van der Waals surface area contributed by atoms with Gasteiger partial charge < -0.3 is 0 Å². The molecular weight excluding hydrogens is 277 g/mol. The van der Waals surface area contributed by atoms with Crippen molar-refractivity contribution >= 4 is 34.2 Å². The third-order valence-electron chi connectivity index (χ3n) is 1.37. The van der Waals surface area contributed by atoms with Crippen molar-refractivity contribution < 1.29 is 4.39 Å². The fourth-order valence-corrected chi connectivity index (χ4v) is 1.54. The van der Waals surface area contributed by atoms with Crippen LogP contribution in [0.3, 0.4) is 0 Å². The van der Waals surface area contributed by atoms with Crippen LogP contribution in [0.1, 0.15) is 5.56 Å². The van der Waals surface area contributed by atoms with Crippen LogP contribution in [0.25, 0.3) is 0 Å². The summed E-state index contributed by atoms with van der Waals surface area (Å²) in [5.41, 5.74) is 1.00. The van der Waals surface area contributed by atoms with Gasteiger partial charge in [-0.2, -0.15) is 0 Å². The number of halogens is 3. The Labute approximate surface area is 83.9 Å². The molecule has 1 rings (SSSR count). The summed E-state index contributed by atoms with van der Waals surface area (Å²) in [7, 11) is 0. The molecule has 11 heavy (non-hydrogen) atoms. The van der Waals surface area contributed by atoms with Crippen molar-refractivity contribution in [3.05, 3.63) is 34.6 Å². The lowest BCUT2D eigenvalue weighted by Crippen LogP contribution is -1.87. The molecule has 0 N–H and O–H groups in total. The molecule has 3 heteroatoms. The van der Waals surface area contributed by atoms with E-state index >= 15 is 0 Å². The number of alkyl halides is 1. The average Bonchev–Trinajstić information content (AvgIpc) is 1.98. The van der Waals surface area contributed by atoms with Crippen molar-refractivity contribution in [2.75, 3.05) is 4.43 Å². The molecule has 1 aromatic rings. The van der Waals surface area contributed by atoms with Crippen LogP contribution in [0.2, 0.25) is 5.02 Å². The standard InChI is InChI=1S/C8H7ClFI/c9-7-2-1-6(3-4-11)5-8(7)10/h1-2,5H,3-4H2. The van der Waals surface area contributed by atoms with Gasteiger partial charge in [-0.3, -0.25) is 0 Å². The summed E-state index contributed by atoms with van der Waals surface area (Å²) in [5, 5.41) is 0.196. The number of hydrogen-bond acceptors (Lipinski definition) is 0. The summed E-state index contributed by atoms with van der Waals surface area (Å²) in [6, 6.07) is 4.93. The molecule has 0 aromatic heterocycles. The summed E-state index contributed by atoms with van der Waals surface area (Å²) in [6.07, 6.45) is 0.897. The summed E-state index contributed by atoms with van der Waals surface area (Å²) in [5.74, 6) is -0.325. The van der Waals surface area contributed by atoms with Crippen molar-refractivity contribution in [3.8, 4) is 0 Å². The largest absolute Gasteiger partial charge is 0.205 e. The van der Waals surface area contributed by atoms with E-state index in [0.29, 0.717) is 0 Å². The summed E-state index contributed by atoms with van der Waals surface area (Å²) in [4.78, 5) is 0. The second kappa shape index (κ2) is 4.26.